The summed E-state index contributed by atoms with van der Waals surface area (Å²) in [5, 5.41) is 50.0. The Morgan fingerprint density at radius 2 is 1.12 bits per heavy atom. The van der Waals surface area contributed by atoms with Crippen LogP contribution in [0, 0.1) is 17.2 Å². The fourth-order valence-electron chi connectivity index (χ4n) is 1.71. The fourth-order valence-corrected chi connectivity index (χ4v) is 1.71. The minimum absolute atomic E-state index is 0. The van der Waals surface area contributed by atoms with Crippen LogP contribution >= 0.6 is 0 Å². The summed E-state index contributed by atoms with van der Waals surface area (Å²) in [5.74, 6) is 3.74. The Bertz CT molecular complexity index is 741. The molecule has 0 aliphatic rings. The molecule has 3 heterocycles. The number of nitrogens with one attached hydrogen (secondary N) is 1. The summed E-state index contributed by atoms with van der Waals surface area (Å²) in [5.41, 5.74) is 0. The number of hydrogen-bond acceptors (Lipinski definition) is 10. The molecular weight excluding hydrogens is 578 g/mol. The van der Waals surface area contributed by atoms with Crippen molar-refractivity contribution in [3.63, 3.8) is 0 Å². The number of nitriles is 1. The van der Waals surface area contributed by atoms with E-state index in [0.29, 0.717) is 17.8 Å². The predicted molar refractivity (Wildman–Crippen MR) is 149 cm³/mol. The molecule has 0 aliphatic heterocycles. The molecule has 0 fully saturated rings. The SMILES string of the molecule is C.CCC(C)C#N.CCC(C)c1nn[nH]n1.CCC(C)c1nnn[n-]1.CCC(C)c1nnn[n-]1.O.O.O.O.[NH4+].[Zn]. The molecule has 40 heavy (non-hydrogen) atoms. The first kappa shape index (κ1) is 57.1. The molecule has 3 aromatic heterocycles. The maximum Gasteiger partial charge on any atom is 0.177 e. The zero-order chi connectivity index (χ0) is 25.1. The van der Waals surface area contributed by atoms with Crippen molar-refractivity contribution >= 4 is 0 Å². The van der Waals surface area contributed by atoms with Gasteiger partial charge >= 0.3 is 0 Å². The second-order valence-electron chi connectivity index (χ2n) is 7.61. The quantitative estimate of drug-likeness (QED) is 0.340. The van der Waals surface area contributed by atoms with E-state index in [2.05, 4.69) is 109 Å². The Balaban J connectivity index is -0.0000000543. The molecule has 13 N–H and O–H groups in total. The van der Waals surface area contributed by atoms with Gasteiger partial charge in [0, 0.05) is 43.0 Å². The molecular formula is C21H53N14O4Zn-. The van der Waals surface area contributed by atoms with E-state index in [1.807, 2.05) is 13.8 Å². The molecule has 0 bridgehead atoms. The van der Waals surface area contributed by atoms with Crippen LogP contribution in [-0.2, 0) is 19.5 Å². The van der Waals surface area contributed by atoms with Crippen molar-refractivity contribution in [3.8, 4) is 6.07 Å². The third-order valence-electron chi connectivity index (χ3n) is 5.02. The van der Waals surface area contributed by atoms with Crippen molar-refractivity contribution in [2.45, 2.75) is 106 Å². The third kappa shape index (κ3) is 25.4. The summed E-state index contributed by atoms with van der Waals surface area (Å²) in [6.45, 7) is 16.4. The van der Waals surface area contributed by atoms with Crippen LogP contribution in [0.4, 0.5) is 0 Å². The largest absolute Gasteiger partial charge is 0.412 e. The second-order valence-corrected chi connectivity index (χ2v) is 7.61. The molecule has 0 saturated carbocycles. The topological polar surface area (TPSA) is 346 Å². The molecule has 4 unspecified atom stereocenters. The molecule has 3 rings (SSSR count). The Kier molecular flexibility index (Phi) is 51.6. The van der Waals surface area contributed by atoms with Gasteiger partial charge in [-0.05, 0) is 44.4 Å². The molecule has 0 radical (unpaired) electrons. The van der Waals surface area contributed by atoms with E-state index in [0.717, 1.165) is 43.2 Å². The van der Waals surface area contributed by atoms with E-state index in [-0.39, 0.29) is 60.9 Å². The molecule has 3 aromatic rings. The number of nitrogens with zero attached hydrogens (tertiary/aromatic N) is 12. The van der Waals surface area contributed by atoms with Crippen LogP contribution in [0.3, 0.4) is 0 Å². The normalized spacial score (nSPS) is 11.1. The molecule has 0 aliphatic carbocycles. The van der Waals surface area contributed by atoms with Crippen LogP contribution in [0.5, 0.6) is 0 Å². The minimum Gasteiger partial charge on any atom is -0.412 e. The number of quaternary nitrogens is 1. The second kappa shape index (κ2) is 36.1. The van der Waals surface area contributed by atoms with Gasteiger partial charge in [0.05, 0.1) is 6.07 Å². The van der Waals surface area contributed by atoms with Crippen LogP contribution in [0.25, 0.3) is 0 Å². The summed E-state index contributed by atoms with van der Waals surface area (Å²) in [7, 11) is 0. The van der Waals surface area contributed by atoms with Gasteiger partial charge < -0.3 is 38.3 Å². The van der Waals surface area contributed by atoms with Crippen LogP contribution in [0.15, 0.2) is 0 Å². The number of rotatable bonds is 7. The first-order valence-electron chi connectivity index (χ1n) is 11.3. The minimum atomic E-state index is 0. The maximum atomic E-state index is 8.08. The standard InChI is InChI=1S/C5H10N4.2C5H9N4.C5H9N.CH4.H3N.4H2O.Zn/c3*1-3-4(2)5-6-8-9-7-5;1-3-5(2)4-6;;;;;;;/h4H,3H2,1-2H3,(H,6,7,8,9);2*4H,3H2,1-2H3;5H,3H2,1-2H3;1H4;1H3;4*1H2;/q;2*-1;;;;;;;;/p+1. The third-order valence-corrected chi connectivity index (χ3v) is 5.02. The van der Waals surface area contributed by atoms with E-state index >= 15 is 0 Å². The number of tetrazole rings is 3. The van der Waals surface area contributed by atoms with Gasteiger partial charge in [0.1, 0.15) is 0 Å². The smallest absolute Gasteiger partial charge is 0.177 e. The molecule has 18 nitrogen and oxygen atoms in total. The Morgan fingerprint density at radius 3 is 1.32 bits per heavy atom. The van der Waals surface area contributed by atoms with Crippen molar-refractivity contribution in [2.75, 3.05) is 0 Å². The summed E-state index contributed by atoms with van der Waals surface area (Å²) in [6.07, 6.45) is 4.09. The predicted octanol–water partition coefficient (Wildman–Crippen LogP) is 0.665. The summed E-state index contributed by atoms with van der Waals surface area (Å²) in [6, 6.07) is 2.11. The van der Waals surface area contributed by atoms with E-state index in [1.165, 1.54) is 0 Å². The number of aromatic nitrogens is 12. The van der Waals surface area contributed by atoms with Gasteiger partial charge in [-0.15, -0.1) is 10.2 Å². The van der Waals surface area contributed by atoms with Crippen LogP contribution in [-0.4, -0.2) is 73.6 Å². The molecule has 0 spiro atoms. The van der Waals surface area contributed by atoms with Crippen LogP contribution in [0.1, 0.15) is 124 Å². The van der Waals surface area contributed by atoms with Crippen molar-refractivity contribution in [1.82, 2.24) is 68.0 Å². The molecule has 0 saturated heterocycles. The molecule has 0 aromatic carbocycles. The fraction of sp³-hybridized carbons (Fsp3) is 0.810. The van der Waals surface area contributed by atoms with E-state index in [4.69, 9.17) is 5.26 Å². The van der Waals surface area contributed by atoms with Crippen LogP contribution in [0.2, 0.25) is 0 Å². The molecule has 0 amide bonds. The Labute approximate surface area is 250 Å². The van der Waals surface area contributed by atoms with E-state index in [9.17, 15) is 0 Å². The number of hydrogen-bond donors (Lipinski definition) is 2. The zero-order valence-electron chi connectivity index (χ0n) is 24.7. The monoisotopic (exact) mass is 629 g/mol. The van der Waals surface area contributed by atoms with Crippen molar-refractivity contribution in [1.29, 1.82) is 5.26 Å². The molecule has 19 heteroatoms. The molecule has 4 atom stereocenters. The Morgan fingerprint density at radius 1 is 0.725 bits per heavy atom. The van der Waals surface area contributed by atoms with Gasteiger partial charge in [0.15, 0.2) is 5.82 Å². The van der Waals surface area contributed by atoms with E-state index in [1.54, 1.807) is 0 Å². The summed E-state index contributed by atoms with van der Waals surface area (Å²) in [4.78, 5) is 0. The van der Waals surface area contributed by atoms with Gasteiger partial charge in [-0.2, -0.15) is 20.9 Å². The van der Waals surface area contributed by atoms with Gasteiger partial charge in [0.2, 0.25) is 0 Å². The van der Waals surface area contributed by atoms with Gasteiger partial charge in [0.25, 0.3) is 0 Å². The van der Waals surface area contributed by atoms with Crippen molar-refractivity contribution < 1.29 is 41.4 Å². The first-order valence-corrected chi connectivity index (χ1v) is 11.3. The van der Waals surface area contributed by atoms with E-state index < -0.39 is 0 Å². The maximum absolute atomic E-state index is 8.08. The average Bonchev–Trinajstić information content (AvgIpc) is 3.66. The Hall–Kier alpha value is -2.88. The van der Waals surface area contributed by atoms with Gasteiger partial charge in [-0.25, -0.2) is 0 Å². The van der Waals surface area contributed by atoms with Gasteiger partial charge in [-0.3, -0.25) is 20.6 Å². The molecule has 234 valence electrons. The average molecular weight is 631 g/mol. The zero-order valence-corrected chi connectivity index (χ0v) is 27.7. The summed E-state index contributed by atoms with van der Waals surface area (Å²) < 4.78 is 0. The van der Waals surface area contributed by atoms with Crippen molar-refractivity contribution in [3.05, 3.63) is 17.5 Å². The number of aromatic amines is 1. The summed E-state index contributed by atoms with van der Waals surface area (Å²) >= 11 is 0. The number of H-pyrrole nitrogens is 1. The van der Waals surface area contributed by atoms with Crippen molar-refractivity contribution in [2.24, 2.45) is 5.92 Å². The first-order chi connectivity index (χ1) is 15.8. The van der Waals surface area contributed by atoms with Gasteiger partial charge in [-0.1, -0.05) is 61.1 Å². The van der Waals surface area contributed by atoms with Crippen LogP contribution < -0.4 is 16.3 Å².